The molecule has 0 aromatic rings. The molecule has 0 spiro atoms. The largest absolute Gasteiger partial charge is 0.481 e. The molecule has 5 heteroatoms. The maximum Gasteiger partial charge on any atom is 0.311 e. The number of carboxylic acid groups (broad SMARTS) is 1. The van der Waals surface area contributed by atoms with Gasteiger partial charge in [0.1, 0.15) is 6.61 Å². The summed E-state index contributed by atoms with van der Waals surface area (Å²) in [5.74, 6) is -0.924. The molecule has 1 heterocycles. The van der Waals surface area contributed by atoms with Gasteiger partial charge in [-0.05, 0) is 12.3 Å². The van der Waals surface area contributed by atoms with Crippen molar-refractivity contribution in [2.24, 2.45) is 11.3 Å². The fourth-order valence-corrected chi connectivity index (χ4v) is 2.15. The van der Waals surface area contributed by atoms with Crippen molar-refractivity contribution in [3.05, 3.63) is 0 Å². The van der Waals surface area contributed by atoms with Crippen molar-refractivity contribution in [3.63, 3.8) is 0 Å². The second-order valence-electron chi connectivity index (χ2n) is 4.61. The molecule has 0 saturated carbocycles. The Bertz CT molecular complexity index is 290. The van der Waals surface area contributed by atoms with Crippen molar-refractivity contribution in [1.29, 1.82) is 0 Å². The van der Waals surface area contributed by atoms with Gasteiger partial charge in [0, 0.05) is 20.2 Å². The van der Waals surface area contributed by atoms with Gasteiger partial charge < -0.3 is 14.7 Å². The molecular formula is C11H19NO4. The van der Waals surface area contributed by atoms with E-state index in [2.05, 4.69) is 0 Å². The molecule has 92 valence electrons. The summed E-state index contributed by atoms with van der Waals surface area (Å²) in [4.78, 5) is 24.5. The van der Waals surface area contributed by atoms with Crippen LogP contribution in [0.4, 0.5) is 0 Å². The van der Waals surface area contributed by atoms with Crippen molar-refractivity contribution < 1.29 is 19.4 Å². The average Bonchev–Trinajstić information content (AvgIpc) is 2.63. The number of carboxylic acids is 1. The van der Waals surface area contributed by atoms with Crippen LogP contribution in [0.1, 0.15) is 20.3 Å². The van der Waals surface area contributed by atoms with Gasteiger partial charge in [0.2, 0.25) is 5.91 Å². The van der Waals surface area contributed by atoms with E-state index in [4.69, 9.17) is 4.74 Å². The quantitative estimate of drug-likeness (QED) is 0.766. The number of nitrogens with zero attached hydrogens (tertiary/aromatic N) is 1. The van der Waals surface area contributed by atoms with Crippen LogP contribution >= 0.6 is 0 Å². The van der Waals surface area contributed by atoms with Crippen LogP contribution in [0.5, 0.6) is 0 Å². The van der Waals surface area contributed by atoms with E-state index in [1.165, 1.54) is 7.11 Å². The minimum atomic E-state index is -0.810. The summed E-state index contributed by atoms with van der Waals surface area (Å²) < 4.78 is 4.77. The number of aliphatic carboxylic acids is 1. The van der Waals surface area contributed by atoms with E-state index in [0.717, 1.165) is 0 Å². The Kier molecular flexibility index (Phi) is 3.91. The van der Waals surface area contributed by atoms with Crippen LogP contribution in [0.25, 0.3) is 0 Å². The number of ether oxygens (including phenoxy) is 1. The summed E-state index contributed by atoms with van der Waals surface area (Å²) >= 11 is 0. The molecule has 1 atom stereocenters. The highest BCUT2D eigenvalue weighted by atomic mass is 16.5. The number of amides is 1. The zero-order valence-corrected chi connectivity index (χ0v) is 10.0. The summed E-state index contributed by atoms with van der Waals surface area (Å²) in [6.45, 7) is 4.60. The van der Waals surface area contributed by atoms with Crippen LogP contribution in [0.15, 0.2) is 0 Å². The van der Waals surface area contributed by atoms with Crippen LogP contribution in [0, 0.1) is 11.3 Å². The van der Waals surface area contributed by atoms with Crippen molar-refractivity contribution >= 4 is 11.9 Å². The minimum absolute atomic E-state index is 0.0188. The lowest BCUT2D eigenvalue weighted by molar-refractivity contribution is -0.151. The predicted molar refractivity (Wildman–Crippen MR) is 58.0 cm³/mol. The van der Waals surface area contributed by atoms with Crippen LogP contribution in [-0.2, 0) is 14.3 Å². The second-order valence-corrected chi connectivity index (χ2v) is 4.61. The maximum absolute atomic E-state index is 11.6. The van der Waals surface area contributed by atoms with E-state index in [1.807, 2.05) is 13.8 Å². The molecule has 1 saturated heterocycles. The Labute approximate surface area is 95.4 Å². The van der Waals surface area contributed by atoms with Gasteiger partial charge in [-0.2, -0.15) is 0 Å². The number of hydrogen-bond donors (Lipinski definition) is 1. The monoisotopic (exact) mass is 229 g/mol. The number of hydrogen-bond acceptors (Lipinski definition) is 3. The summed E-state index contributed by atoms with van der Waals surface area (Å²) in [5.41, 5.74) is -0.788. The van der Waals surface area contributed by atoms with Crippen molar-refractivity contribution in [2.75, 3.05) is 26.8 Å². The zero-order chi connectivity index (χ0) is 12.3. The third kappa shape index (κ3) is 2.19. The van der Waals surface area contributed by atoms with E-state index in [9.17, 15) is 14.7 Å². The van der Waals surface area contributed by atoms with Gasteiger partial charge in [-0.1, -0.05) is 13.8 Å². The first-order valence-corrected chi connectivity index (χ1v) is 5.44. The molecule has 1 fully saturated rings. The summed E-state index contributed by atoms with van der Waals surface area (Å²) in [5, 5.41) is 9.29. The first-order valence-electron chi connectivity index (χ1n) is 5.44. The van der Waals surface area contributed by atoms with Crippen molar-refractivity contribution in [2.45, 2.75) is 20.3 Å². The molecule has 1 aliphatic heterocycles. The van der Waals surface area contributed by atoms with Gasteiger partial charge >= 0.3 is 5.97 Å². The molecule has 5 nitrogen and oxygen atoms in total. The van der Waals surface area contributed by atoms with Gasteiger partial charge in [-0.15, -0.1) is 0 Å². The second kappa shape index (κ2) is 4.82. The molecule has 1 amide bonds. The van der Waals surface area contributed by atoms with Gasteiger partial charge in [-0.25, -0.2) is 0 Å². The lowest BCUT2D eigenvalue weighted by Crippen LogP contribution is -2.41. The molecule has 1 rings (SSSR count). The lowest BCUT2D eigenvalue weighted by Gasteiger charge is -2.28. The summed E-state index contributed by atoms with van der Waals surface area (Å²) in [6, 6.07) is 0. The molecular weight excluding hydrogens is 210 g/mol. The van der Waals surface area contributed by atoms with Crippen LogP contribution in [-0.4, -0.2) is 48.7 Å². The Morgan fingerprint density at radius 1 is 1.50 bits per heavy atom. The summed E-state index contributed by atoms with van der Waals surface area (Å²) in [7, 11) is 1.46. The molecule has 1 N–H and O–H groups in total. The summed E-state index contributed by atoms with van der Waals surface area (Å²) in [6.07, 6.45) is 0.523. The number of rotatable bonds is 4. The van der Waals surface area contributed by atoms with Crippen LogP contribution < -0.4 is 0 Å². The standard InChI is InChI=1S/C11H19NO4/c1-8(2)11(10(14)15)4-5-12(7-11)9(13)6-16-3/h8H,4-7H2,1-3H3,(H,14,15). The van der Waals surface area contributed by atoms with Crippen LogP contribution in [0.2, 0.25) is 0 Å². The van der Waals surface area contributed by atoms with Gasteiger partial charge in [-0.3, -0.25) is 9.59 Å². The highest BCUT2D eigenvalue weighted by Crippen LogP contribution is 2.38. The molecule has 0 aromatic carbocycles. The number of carbonyl (C=O) groups is 2. The maximum atomic E-state index is 11.6. The molecule has 0 bridgehead atoms. The predicted octanol–water partition coefficient (Wildman–Crippen LogP) is 0.592. The molecule has 1 aliphatic rings. The van der Waals surface area contributed by atoms with Gasteiger partial charge in [0.05, 0.1) is 5.41 Å². The first-order chi connectivity index (χ1) is 7.44. The highest BCUT2D eigenvalue weighted by Gasteiger charge is 2.48. The van der Waals surface area contributed by atoms with E-state index in [-0.39, 0.29) is 18.4 Å². The number of carbonyl (C=O) groups excluding carboxylic acids is 1. The fraction of sp³-hybridized carbons (Fsp3) is 0.818. The third-order valence-corrected chi connectivity index (χ3v) is 3.45. The topological polar surface area (TPSA) is 66.8 Å². The minimum Gasteiger partial charge on any atom is -0.481 e. The normalized spacial score (nSPS) is 25.1. The molecule has 1 unspecified atom stereocenters. The number of methoxy groups -OCH3 is 1. The molecule has 16 heavy (non-hydrogen) atoms. The van der Waals surface area contributed by atoms with E-state index in [0.29, 0.717) is 19.5 Å². The first kappa shape index (κ1) is 13.0. The highest BCUT2D eigenvalue weighted by molar-refractivity contribution is 5.81. The Hall–Kier alpha value is -1.10. The molecule has 0 radical (unpaired) electrons. The van der Waals surface area contributed by atoms with E-state index >= 15 is 0 Å². The Morgan fingerprint density at radius 2 is 2.12 bits per heavy atom. The molecule has 0 aromatic heterocycles. The third-order valence-electron chi connectivity index (χ3n) is 3.45. The fourth-order valence-electron chi connectivity index (χ4n) is 2.15. The van der Waals surface area contributed by atoms with Crippen molar-refractivity contribution in [3.8, 4) is 0 Å². The lowest BCUT2D eigenvalue weighted by atomic mass is 9.76. The molecule has 0 aliphatic carbocycles. The number of likely N-dealkylation sites (tertiary alicyclic amines) is 1. The average molecular weight is 229 g/mol. The zero-order valence-electron chi connectivity index (χ0n) is 10.0. The van der Waals surface area contributed by atoms with E-state index in [1.54, 1.807) is 4.90 Å². The SMILES string of the molecule is COCC(=O)N1CCC(C(=O)O)(C(C)C)C1. The Balaban J connectivity index is 2.75. The van der Waals surface area contributed by atoms with Gasteiger partial charge in [0.25, 0.3) is 0 Å². The smallest absolute Gasteiger partial charge is 0.311 e. The van der Waals surface area contributed by atoms with E-state index < -0.39 is 11.4 Å². The Morgan fingerprint density at radius 3 is 2.50 bits per heavy atom. The van der Waals surface area contributed by atoms with Crippen molar-refractivity contribution in [1.82, 2.24) is 4.90 Å². The van der Waals surface area contributed by atoms with Gasteiger partial charge in [0.15, 0.2) is 0 Å². The van der Waals surface area contributed by atoms with Crippen LogP contribution in [0.3, 0.4) is 0 Å².